The molecule has 6 rings (SSSR count). The number of hydrogen-bond acceptors (Lipinski definition) is 5. The molecule has 0 radical (unpaired) electrons. The molecule has 1 heterocycles. The predicted molar refractivity (Wildman–Crippen MR) is 128 cm³/mol. The molecule has 1 atom stereocenters. The lowest BCUT2D eigenvalue weighted by atomic mass is 9.48. The summed E-state index contributed by atoms with van der Waals surface area (Å²) in [6, 6.07) is 5.03. The Balaban J connectivity index is 1.44. The van der Waals surface area contributed by atoms with E-state index in [1.807, 2.05) is 0 Å². The molecular formula is C25H37N3O4S. The van der Waals surface area contributed by atoms with Crippen LogP contribution in [0, 0.1) is 23.2 Å². The van der Waals surface area contributed by atoms with Gasteiger partial charge in [-0.2, -0.15) is 0 Å². The van der Waals surface area contributed by atoms with Gasteiger partial charge in [0.15, 0.2) is 0 Å². The van der Waals surface area contributed by atoms with Crippen LogP contribution in [0.2, 0.25) is 0 Å². The largest absolute Gasteiger partial charge is 0.378 e. The fourth-order valence-electron chi connectivity index (χ4n) is 7.28. The van der Waals surface area contributed by atoms with Crippen LogP contribution in [0.5, 0.6) is 0 Å². The Labute approximate surface area is 197 Å². The molecule has 8 heteroatoms. The van der Waals surface area contributed by atoms with Crippen LogP contribution in [0.25, 0.3) is 0 Å². The van der Waals surface area contributed by atoms with Crippen LogP contribution >= 0.6 is 0 Å². The maximum Gasteiger partial charge on any atom is 0.253 e. The Hall–Kier alpha value is -1.64. The average molecular weight is 476 g/mol. The zero-order valence-corrected chi connectivity index (χ0v) is 20.9. The number of nitrogens with one attached hydrogen (secondary N) is 1. The normalized spacial score (nSPS) is 32.2. The van der Waals surface area contributed by atoms with E-state index in [0.717, 1.165) is 23.4 Å². The second-order valence-corrected chi connectivity index (χ2v) is 13.2. The van der Waals surface area contributed by atoms with Crippen molar-refractivity contribution in [2.75, 3.05) is 45.3 Å². The van der Waals surface area contributed by atoms with Crippen LogP contribution in [-0.2, 0) is 14.8 Å². The lowest BCUT2D eigenvalue weighted by Crippen LogP contribution is -2.55. The molecule has 1 aromatic rings. The van der Waals surface area contributed by atoms with Crippen molar-refractivity contribution in [3.05, 3.63) is 23.8 Å². The van der Waals surface area contributed by atoms with Gasteiger partial charge in [-0.3, -0.25) is 4.79 Å². The van der Waals surface area contributed by atoms with Gasteiger partial charge in [-0.25, -0.2) is 12.7 Å². The molecule has 1 aromatic carbocycles. The fourth-order valence-corrected chi connectivity index (χ4v) is 8.21. The minimum Gasteiger partial charge on any atom is -0.378 e. The minimum absolute atomic E-state index is 0.0741. The van der Waals surface area contributed by atoms with E-state index >= 15 is 0 Å². The third-order valence-corrected chi connectivity index (χ3v) is 10.5. The minimum atomic E-state index is -3.64. The molecule has 1 amide bonds. The first-order valence-corrected chi connectivity index (χ1v) is 13.8. The first kappa shape index (κ1) is 23.1. The Morgan fingerprint density at radius 1 is 1.09 bits per heavy atom. The molecule has 1 saturated heterocycles. The second kappa shape index (κ2) is 8.54. The van der Waals surface area contributed by atoms with Gasteiger partial charge in [0.1, 0.15) is 0 Å². The molecule has 1 N–H and O–H groups in total. The summed E-state index contributed by atoms with van der Waals surface area (Å²) in [5, 5.41) is 3.34. The molecule has 5 aliphatic rings. The first-order valence-electron chi connectivity index (χ1n) is 12.4. The highest BCUT2D eigenvalue weighted by Gasteiger charge is 2.53. The summed E-state index contributed by atoms with van der Waals surface area (Å²) in [5.41, 5.74) is 1.42. The molecule has 1 aliphatic heterocycles. The fraction of sp³-hybridized carbons (Fsp3) is 0.720. The molecule has 4 saturated carbocycles. The van der Waals surface area contributed by atoms with Crippen molar-refractivity contribution in [3.63, 3.8) is 0 Å². The van der Waals surface area contributed by atoms with Gasteiger partial charge in [0.2, 0.25) is 10.0 Å². The van der Waals surface area contributed by atoms with Gasteiger partial charge in [-0.15, -0.1) is 0 Å². The maximum atomic E-state index is 13.7. The SMILES string of the molecule is C[C@H](NC(=O)c1cc(S(=O)(=O)N(C)C)ccc1N1CCOCC1)C12CC3CC(CC(C3)C1)C2. The second-order valence-electron chi connectivity index (χ2n) is 11.0. The molecule has 182 valence electrons. The quantitative estimate of drug-likeness (QED) is 0.684. The van der Waals surface area contributed by atoms with Crippen LogP contribution < -0.4 is 10.2 Å². The zero-order chi connectivity index (χ0) is 23.4. The first-order chi connectivity index (χ1) is 15.7. The Morgan fingerprint density at radius 3 is 2.21 bits per heavy atom. The van der Waals surface area contributed by atoms with E-state index in [9.17, 15) is 13.2 Å². The van der Waals surface area contributed by atoms with E-state index in [4.69, 9.17) is 4.74 Å². The Bertz CT molecular complexity index is 981. The van der Waals surface area contributed by atoms with Gasteiger partial charge in [0.05, 0.1) is 23.7 Å². The summed E-state index contributed by atoms with van der Waals surface area (Å²) in [6.45, 7) is 4.74. The lowest BCUT2D eigenvalue weighted by Gasteiger charge is -2.59. The van der Waals surface area contributed by atoms with E-state index in [2.05, 4.69) is 17.1 Å². The highest BCUT2D eigenvalue weighted by atomic mass is 32.2. The van der Waals surface area contributed by atoms with E-state index < -0.39 is 10.0 Å². The van der Waals surface area contributed by atoms with Crippen molar-refractivity contribution in [2.45, 2.75) is 56.4 Å². The number of sulfonamides is 1. The summed E-state index contributed by atoms with van der Waals surface area (Å²) < 4.78 is 32.3. The number of nitrogens with zero attached hydrogens (tertiary/aromatic N) is 2. The zero-order valence-electron chi connectivity index (χ0n) is 20.0. The van der Waals surface area contributed by atoms with Gasteiger partial charge in [0.25, 0.3) is 5.91 Å². The number of ether oxygens (including phenoxy) is 1. The van der Waals surface area contributed by atoms with Gasteiger partial charge >= 0.3 is 0 Å². The highest BCUT2D eigenvalue weighted by molar-refractivity contribution is 7.89. The van der Waals surface area contributed by atoms with Crippen LogP contribution in [0.1, 0.15) is 55.8 Å². The molecule has 7 nitrogen and oxygen atoms in total. The van der Waals surface area contributed by atoms with E-state index in [-0.39, 0.29) is 22.3 Å². The maximum absolute atomic E-state index is 13.7. The van der Waals surface area contributed by atoms with Gasteiger partial charge < -0.3 is 15.0 Å². The number of morpholine rings is 1. The molecule has 33 heavy (non-hydrogen) atoms. The number of carbonyl (C=O) groups excluding carboxylic acids is 1. The summed E-state index contributed by atoms with van der Waals surface area (Å²) in [4.78, 5) is 16.0. The third kappa shape index (κ3) is 4.19. The average Bonchev–Trinajstić information content (AvgIpc) is 2.78. The van der Waals surface area contributed by atoms with Crippen LogP contribution in [0.3, 0.4) is 0 Å². The van der Waals surface area contributed by atoms with Crippen molar-refractivity contribution < 1.29 is 17.9 Å². The van der Waals surface area contributed by atoms with Crippen molar-refractivity contribution in [2.24, 2.45) is 23.2 Å². The van der Waals surface area contributed by atoms with Crippen LogP contribution in [-0.4, -0.2) is 65.1 Å². The molecule has 5 fully saturated rings. The third-order valence-electron chi connectivity index (χ3n) is 8.69. The van der Waals surface area contributed by atoms with Crippen LogP contribution in [0.15, 0.2) is 23.1 Å². The summed E-state index contributed by atoms with van der Waals surface area (Å²) in [5.74, 6) is 2.27. The standard InChI is InChI=1S/C25H37N3O4S/c1-17(25-14-18-10-19(15-25)12-20(11-18)16-25)26-24(29)22-13-21(33(30,31)27(2)3)4-5-23(22)28-6-8-32-9-7-28/h4-5,13,17-20H,6-12,14-16H2,1-3H3,(H,26,29)/t17-,18?,19?,20?,25?/m0/s1. The van der Waals surface area contributed by atoms with E-state index in [0.29, 0.717) is 31.9 Å². The Morgan fingerprint density at radius 2 is 1.67 bits per heavy atom. The smallest absolute Gasteiger partial charge is 0.253 e. The number of rotatable bonds is 6. The Kier molecular flexibility index (Phi) is 5.98. The van der Waals surface area contributed by atoms with Crippen molar-refractivity contribution >= 4 is 21.6 Å². The monoisotopic (exact) mass is 475 g/mol. The molecule has 0 aromatic heterocycles. The number of amides is 1. The molecule has 0 spiro atoms. The lowest BCUT2D eigenvalue weighted by molar-refractivity contribution is -0.0688. The van der Waals surface area contributed by atoms with Crippen molar-refractivity contribution in [1.29, 1.82) is 0 Å². The number of anilines is 1. The summed E-state index contributed by atoms with van der Waals surface area (Å²) in [7, 11) is -0.608. The van der Waals surface area contributed by atoms with E-state index in [1.54, 1.807) is 18.2 Å². The molecule has 0 unspecified atom stereocenters. The van der Waals surface area contributed by atoms with Crippen molar-refractivity contribution in [1.82, 2.24) is 9.62 Å². The van der Waals surface area contributed by atoms with Gasteiger partial charge in [-0.1, -0.05) is 0 Å². The topological polar surface area (TPSA) is 79.0 Å². The summed E-state index contributed by atoms with van der Waals surface area (Å²) in [6.07, 6.45) is 7.74. The van der Waals surface area contributed by atoms with Gasteiger partial charge in [0, 0.05) is 38.9 Å². The summed E-state index contributed by atoms with van der Waals surface area (Å²) >= 11 is 0. The molecular weight excluding hydrogens is 438 g/mol. The number of hydrogen-bond donors (Lipinski definition) is 1. The highest BCUT2D eigenvalue weighted by Crippen LogP contribution is 2.61. The predicted octanol–water partition coefficient (Wildman–Crippen LogP) is 3.11. The van der Waals surface area contributed by atoms with Crippen LogP contribution in [0.4, 0.5) is 5.69 Å². The molecule has 4 aliphatic carbocycles. The van der Waals surface area contributed by atoms with Gasteiger partial charge in [-0.05, 0) is 86.8 Å². The molecule has 4 bridgehead atoms. The van der Waals surface area contributed by atoms with Crippen molar-refractivity contribution in [3.8, 4) is 0 Å². The van der Waals surface area contributed by atoms with E-state index in [1.165, 1.54) is 56.9 Å². The number of benzene rings is 1. The number of carbonyl (C=O) groups is 1.